The van der Waals surface area contributed by atoms with Gasteiger partial charge in [-0.15, -0.1) is 0 Å². The number of hydrogen-bond acceptors (Lipinski definition) is 3. The summed E-state index contributed by atoms with van der Waals surface area (Å²) in [4.78, 5) is 11.0. The number of nitrogens with one attached hydrogen (secondary N) is 1. The summed E-state index contributed by atoms with van der Waals surface area (Å²) < 4.78 is 38.4. The largest absolute Gasteiger partial charge is 0.481 e. The maximum atomic E-state index is 12.8. The highest BCUT2D eigenvalue weighted by Gasteiger charge is 2.49. The molecule has 100 valence electrons. The molecule has 0 aliphatic carbocycles. The Kier molecular flexibility index (Phi) is 3.10. The molecule has 0 fully saturated rings. The van der Waals surface area contributed by atoms with Gasteiger partial charge in [-0.25, -0.2) is 0 Å². The number of carboxylic acid groups (broad SMARTS) is 1. The monoisotopic (exact) mass is 270 g/mol. The van der Waals surface area contributed by atoms with E-state index in [2.05, 4.69) is 5.32 Å². The number of benzene rings is 1. The summed E-state index contributed by atoms with van der Waals surface area (Å²) in [7, 11) is 0. The smallest absolute Gasteiger partial charge is 0.409 e. The number of alkyl halides is 3. The molecular weight excluding hydrogens is 261 g/mol. The zero-order chi connectivity index (χ0) is 14.2. The number of rotatable bonds is 1. The van der Waals surface area contributed by atoms with E-state index in [1.54, 1.807) is 0 Å². The summed E-state index contributed by atoms with van der Waals surface area (Å²) in [6.45, 7) is 0. The summed E-state index contributed by atoms with van der Waals surface area (Å²) >= 11 is 0. The first-order chi connectivity index (χ1) is 8.82. The molecular formula is C12H9F3N2O2. The zero-order valence-electron chi connectivity index (χ0n) is 9.53. The van der Waals surface area contributed by atoms with Crippen molar-refractivity contribution < 1.29 is 23.1 Å². The molecule has 0 unspecified atom stereocenters. The molecule has 4 nitrogen and oxygen atoms in total. The van der Waals surface area contributed by atoms with Crippen LogP contribution in [-0.2, 0) is 11.2 Å². The van der Waals surface area contributed by atoms with Crippen LogP contribution in [0.4, 0.5) is 18.9 Å². The van der Waals surface area contributed by atoms with E-state index in [4.69, 9.17) is 10.4 Å². The van der Waals surface area contributed by atoms with Gasteiger partial charge in [-0.3, -0.25) is 4.79 Å². The van der Waals surface area contributed by atoms with Crippen molar-refractivity contribution in [3.63, 3.8) is 0 Å². The van der Waals surface area contributed by atoms with E-state index < -0.39 is 24.1 Å². The Morgan fingerprint density at radius 3 is 2.68 bits per heavy atom. The molecule has 2 rings (SSSR count). The standard InChI is InChI=1S/C12H9F3N2O2/c13-12(14,15)10-8(11(18)19)4-7-3-6(5-16)1-2-9(7)17-10/h1-3,8,10,17H,4H2,(H,18,19)/t8-,10+/m1/s1. The third-order valence-corrected chi connectivity index (χ3v) is 3.06. The summed E-state index contributed by atoms with van der Waals surface area (Å²) in [5, 5.41) is 19.9. The molecule has 0 bridgehead atoms. The molecule has 0 aromatic heterocycles. The lowest BCUT2D eigenvalue weighted by Crippen LogP contribution is -2.49. The Hall–Kier alpha value is -2.23. The van der Waals surface area contributed by atoms with Gasteiger partial charge in [0.05, 0.1) is 17.6 Å². The topological polar surface area (TPSA) is 73.1 Å². The Balaban J connectivity index is 2.42. The highest BCUT2D eigenvalue weighted by molar-refractivity contribution is 5.75. The molecule has 1 aromatic rings. The fourth-order valence-corrected chi connectivity index (χ4v) is 2.14. The van der Waals surface area contributed by atoms with Crippen molar-refractivity contribution in [2.75, 3.05) is 5.32 Å². The van der Waals surface area contributed by atoms with Gasteiger partial charge < -0.3 is 10.4 Å². The van der Waals surface area contributed by atoms with Crippen molar-refractivity contribution >= 4 is 11.7 Å². The van der Waals surface area contributed by atoms with Crippen LogP contribution < -0.4 is 5.32 Å². The van der Waals surface area contributed by atoms with E-state index in [0.29, 0.717) is 5.56 Å². The summed E-state index contributed by atoms with van der Waals surface area (Å²) in [5.41, 5.74) is 0.918. The van der Waals surface area contributed by atoms with Gasteiger partial charge in [-0.05, 0) is 30.2 Å². The minimum atomic E-state index is -4.64. The fourth-order valence-electron chi connectivity index (χ4n) is 2.14. The van der Waals surface area contributed by atoms with Crippen LogP contribution in [0.3, 0.4) is 0 Å². The summed E-state index contributed by atoms with van der Waals surface area (Å²) in [5.74, 6) is -3.11. The lowest BCUT2D eigenvalue weighted by atomic mass is 9.86. The van der Waals surface area contributed by atoms with Crippen molar-refractivity contribution in [1.82, 2.24) is 0 Å². The molecule has 2 atom stereocenters. The van der Waals surface area contributed by atoms with Crippen molar-refractivity contribution in [2.45, 2.75) is 18.6 Å². The number of hydrogen-bond donors (Lipinski definition) is 2. The first-order valence-corrected chi connectivity index (χ1v) is 5.42. The number of carbonyl (C=O) groups is 1. The first kappa shape index (κ1) is 13.2. The van der Waals surface area contributed by atoms with Gasteiger partial charge in [-0.2, -0.15) is 18.4 Å². The molecule has 1 heterocycles. The van der Waals surface area contributed by atoms with Crippen LogP contribution in [0.25, 0.3) is 0 Å². The number of carboxylic acids is 1. The third kappa shape index (κ3) is 2.47. The molecule has 7 heteroatoms. The maximum absolute atomic E-state index is 12.8. The number of anilines is 1. The zero-order valence-corrected chi connectivity index (χ0v) is 9.53. The molecule has 1 aromatic carbocycles. The van der Waals surface area contributed by atoms with Gasteiger partial charge in [0.25, 0.3) is 0 Å². The molecule has 0 spiro atoms. The van der Waals surface area contributed by atoms with Crippen molar-refractivity contribution in [3.05, 3.63) is 29.3 Å². The predicted octanol–water partition coefficient (Wildman–Crippen LogP) is 2.16. The molecule has 1 aliphatic heterocycles. The van der Waals surface area contributed by atoms with Gasteiger partial charge in [0.1, 0.15) is 6.04 Å². The lowest BCUT2D eigenvalue weighted by Gasteiger charge is -2.33. The van der Waals surface area contributed by atoms with E-state index in [1.165, 1.54) is 18.2 Å². The SMILES string of the molecule is N#Cc1ccc2c(c1)C[C@@H](C(=O)O)[C@@H](C(F)(F)F)N2. The Labute approximate surface area is 106 Å². The average Bonchev–Trinajstić information content (AvgIpc) is 2.35. The molecule has 1 aliphatic rings. The number of fused-ring (bicyclic) bond motifs is 1. The fraction of sp³-hybridized carbons (Fsp3) is 0.333. The third-order valence-electron chi connectivity index (χ3n) is 3.06. The van der Waals surface area contributed by atoms with E-state index >= 15 is 0 Å². The Morgan fingerprint density at radius 2 is 2.16 bits per heavy atom. The molecule has 0 saturated heterocycles. The van der Waals surface area contributed by atoms with Crippen molar-refractivity contribution in [1.29, 1.82) is 5.26 Å². The molecule has 2 N–H and O–H groups in total. The minimum absolute atomic E-state index is 0.221. The summed E-state index contributed by atoms with van der Waals surface area (Å²) in [6, 6.07) is 3.91. The van der Waals surface area contributed by atoms with E-state index in [0.717, 1.165) is 0 Å². The van der Waals surface area contributed by atoms with Crippen molar-refractivity contribution in [2.24, 2.45) is 5.92 Å². The van der Waals surface area contributed by atoms with Crippen molar-refractivity contribution in [3.8, 4) is 6.07 Å². The lowest BCUT2D eigenvalue weighted by molar-refractivity contribution is -0.169. The van der Waals surface area contributed by atoms with Crippen LogP contribution in [0.15, 0.2) is 18.2 Å². The van der Waals surface area contributed by atoms with Gasteiger partial charge >= 0.3 is 12.1 Å². The van der Waals surface area contributed by atoms with Crippen LogP contribution >= 0.6 is 0 Å². The van der Waals surface area contributed by atoms with Crippen LogP contribution in [-0.4, -0.2) is 23.3 Å². The van der Waals surface area contributed by atoms with Gasteiger partial charge in [0, 0.05) is 5.69 Å². The summed E-state index contributed by atoms with van der Waals surface area (Å²) in [6.07, 6.45) is -4.90. The van der Waals surface area contributed by atoms with Crippen LogP contribution in [0, 0.1) is 17.2 Å². The van der Waals surface area contributed by atoms with Crippen LogP contribution in [0.2, 0.25) is 0 Å². The number of aliphatic carboxylic acids is 1. The number of halogens is 3. The van der Waals surface area contributed by atoms with E-state index in [-0.39, 0.29) is 17.7 Å². The second-order valence-electron chi connectivity index (χ2n) is 4.30. The minimum Gasteiger partial charge on any atom is -0.481 e. The predicted molar refractivity (Wildman–Crippen MR) is 59.5 cm³/mol. The second-order valence-corrected chi connectivity index (χ2v) is 4.30. The maximum Gasteiger partial charge on any atom is 0.409 e. The highest BCUT2D eigenvalue weighted by Crippen LogP contribution is 2.37. The molecule has 0 amide bonds. The number of nitrogens with zero attached hydrogens (tertiary/aromatic N) is 1. The quantitative estimate of drug-likeness (QED) is 0.820. The van der Waals surface area contributed by atoms with Gasteiger partial charge in [-0.1, -0.05) is 0 Å². The van der Waals surface area contributed by atoms with Crippen LogP contribution in [0.1, 0.15) is 11.1 Å². The van der Waals surface area contributed by atoms with E-state index in [1.807, 2.05) is 6.07 Å². The Bertz CT molecular complexity index is 563. The normalized spacial score (nSPS) is 22.0. The Morgan fingerprint density at radius 1 is 1.47 bits per heavy atom. The molecule has 19 heavy (non-hydrogen) atoms. The average molecular weight is 270 g/mol. The van der Waals surface area contributed by atoms with Gasteiger partial charge in [0.15, 0.2) is 0 Å². The van der Waals surface area contributed by atoms with E-state index in [9.17, 15) is 18.0 Å². The molecule has 0 saturated carbocycles. The first-order valence-electron chi connectivity index (χ1n) is 5.42. The van der Waals surface area contributed by atoms with Gasteiger partial charge in [0.2, 0.25) is 0 Å². The van der Waals surface area contributed by atoms with Crippen LogP contribution in [0.5, 0.6) is 0 Å². The second kappa shape index (κ2) is 4.46. The molecule has 0 radical (unpaired) electrons. The highest BCUT2D eigenvalue weighted by atomic mass is 19.4. The number of nitriles is 1.